The molecule has 0 spiro atoms. The van der Waals surface area contributed by atoms with Crippen molar-refractivity contribution in [2.24, 2.45) is 0 Å². The van der Waals surface area contributed by atoms with Crippen molar-refractivity contribution in [1.82, 2.24) is 10.2 Å². The Morgan fingerprint density at radius 2 is 1.76 bits per heavy atom. The van der Waals surface area contributed by atoms with Crippen LogP contribution in [0.15, 0.2) is 41.3 Å². The van der Waals surface area contributed by atoms with Gasteiger partial charge in [-0.25, -0.2) is 0 Å². The van der Waals surface area contributed by atoms with Crippen LogP contribution in [-0.4, -0.2) is 10.2 Å². The van der Waals surface area contributed by atoms with Crippen LogP contribution in [0.2, 0.25) is 0 Å². The van der Waals surface area contributed by atoms with Crippen molar-refractivity contribution in [2.45, 2.75) is 26.2 Å². The van der Waals surface area contributed by atoms with Crippen molar-refractivity contribution >= 4 is 0 Å². The first-order chi connectivity index (χ1) is 7.97. The monoisotopic (exact) mass is 228 g/mol. The number of nitrogens with zero attached hydrogens (tertiary/aromatic N) is 1. The lowest BCUT2D eigenvalue weighted by Crippen LogP contribution is -2.10. The Morgan fingerprint density at radius 1 is 1.12 bits per heavy atom. The molecule has 0 bridgehead atoms. The third-order valence-electron chi connectivity index (χ3n) is 2.73. The lowest BCUT2D eigenvalue weighted by molar-refractivity contribution is 0.590. The van der Waals surface area contributed by atoms with E-state index in [4.69, 9.17) is 0 Å². The molecule has 1 N–H and O–H groups in total. The zero-order valence-electron chi connectivity index (χ0n) is 10.3. The van der Waals surface area contributed by atoms with Crippen LogP contribution in [0.3, 0.4) is 0 Å². The molecule has 3 heteroatoms. The first-order valence-electron chi connectivity index (χ1n) is 5.62. The summed E-state index contributed by atoms with van der Waals surface area (Å²) in [6, 6.07) is 9.74. The van der Waals surface area contributed by atoms with Crippen LogP contribution in [0.25, 0.3) is 11.3 Å². The molecule has 0 atom stereocenters. The lowest BCUT2D eigenvalue weighted by Gasteiger charge is -2.19. The zero-order valence-corrected chi connectivity index (χ0v) is 10.3. The summed E-state index contributed by atoms with van der Waals surface area (Å²) in [5, 5.41) is 6.63. The largest absolute Gasteiger partial charge is 0.288 e. The first-order valence-corrected chi connectivity index (χ1v) is 5.62. The van der Waals surface area contributed by atoms with E-state index >= 15 is 0 Å². The molecule has 0 radical (unpaired) electrons. The first kappa shape index (κ1) is 11.6. The molecular weight excluding hydrogens is 212 g/mol. The van der Waals surface area contributed by atoms with E-state index in [0.717, 1.165) is 11.3 Å². The van der Waals surface area contributed by atoms with E-state index in [0.29, 0.717) is 0 Å². The standard InChI is InChI=1S/C14H16N2O/c1-14(2,3)11-6-4-10(5-7-11)13-8-12(17)9-15-16-13/h4-9H,1-3H3,(H,16,17). The van der Waals surface area contributed by atoms with Crippen LogP contribution in [0.1, 0.15) is 26.3 Å². The Kier molecular flexibility index (Phi) is 2.84. The van der Waals surface area contributed by atoms with Crippen molar-refractivity contribution in [1.29, 1.82) is 0 Å². The third-order valence-corrected chi connectivity index (χ3v) is 2.73. The van der Waals surface area contributed by atoms with Crippen LogP contribution in [-0.2, 0) is 5.41 Å². The molecular formula is C14H16N2O. The highest BCUT2D eigenvalue weighted by Gasteiger charge is 2.13. The second-order valence-corrected chi connectivity index (χ2v) is 5.16. The van der Waals surface area contributed by atoms with E-state index in [1.165, 1.54) is 11.8 Å². The Hall–Kier alpha value is -1.90. The van der Waals surface area contributed by atoms with E-state index in [-0.39, 0.29) is 10.8 Å². The topological polar surface area (TPSA) is 45.8 Å². The normalized spacial score (nSPS) is 11.5. The van der Waals surface area contributed by atoms with Gasteiger partial charge < -0.3 is 0 Å². The highest BCUT2D eigenvalue weighted by molar-refractivity contribution is 5.58. The van der Waals surface area contributed by atoms with Crippen molar-refractivity contribution in [3.8, 4) is 11.3 Å². The molecule has 2 aromatic rings. The van der Waals surface area contributed by atoms with Gasteiger partial charge in [0.2, 0.25) is 5.43 Å². The molecule has 0 aliphatic rings. The molecule has 0 aliphatic carbocycles. The quantitative estimate of drug-likeness (QED) is 0.815. The van der Waals surface area contributed by atoms with E-state index in [1.807, 2.05) is 12.1 Å². The SMILES string of the molecule is CC(C)(C)c1ccc(-c2cc(=O)cn[nH]2)cc1. The number of benzene rings is 1. The number of rotatable bonds is 1. The van der Waals surface area contributed by atoms with Crippen molar-refractivity contribution in [2.75, 3.05) is 0 Å². The average molecular weight is 228 g/mol. The van der Waals surface area contributed by atoms with Gasteiger partial charge in [-0.05, 0) is 16.5 Å². The van der Waals surface area contributed by atoms with Gasteiger partial charge in [0.25, 0.3) is 0 Å². The molecule has 0 saturated carbocycles. The van der Waals surface area contributed by atoms with Gasteiger partial charge in [0.15, 0.2) is 0 Å². The molecule has 17 heavy (non-hydrogen) atoms. The summed E-state index contributed by atoms with van der Waals surface area (Å²) in [6.07, 6.45) is 1.27. The Labute approximate surface area is 101 Å². The van der Waals surface area contributed by atoms with Crippen LogP contribution >= 0.6 is 0 Å². The molecule has 0 saturated heterocycles. The van der Waals surface area contributed by atoms with Crippen molar-refractivity contribution < 1.29 is 0 Å². The van der Waals surface area contributed by atoms with Crippen molar-refractivity contribution in [3.05, 3.63) is 52.3 Å². The second kappa shape index (κ2) is 4.17. The minimum absolute atomic E-state index is 0.0846. The third kappa shape index (κ3) is 2.61. The van der Waals surface area contributed by atoms with E-state index in [1.54, 1.807) is 6.07 Å². The Bertz CT molecular complexity index is 562. The molecule has 0 aliphatic heterocycles. The molecule has 1 aromatic heterocycles. The summed E-state index contributed by atoms with van der Waals surface area (Å²) in [6.45, 7) is 6.52. The molecule has 0 unspecified atom stereocenters. The van der Waals surface area contributed by atoms with Crippen LogP contribution in [0, 0.1) is 0 Å². The summed E-state index contributed by atoms with van der Waals surface area (Å²) < 4.78 is 0. The predicted octanol–water partition coefficient (Wildman–Crippen LogP) is 2.73. The van der Waals surface area contributed by atoms with Gasteiger partial charge in [-0.2, -0.15) is 5.10 Å². The maximum atomic E-state index is 11.2. The van der Waals surface area contributed by atoms with Crippen LogP contribution in [0.4, 0.5) is 0 Å². The fourth-order valence-corrected chi connectivity index (χ4v) is 1.67. The molecule has 1 heterocycles. The van der Waals surface area contributed by atoms with E-state index in [2.05, 4.69) is 43.1 Å². The summed E-state index contributed by atoms with van der Waals surface area (Å²) in [5.74, 6) is 0. The van der Waals surface area contributed by atoms with Crippen molar-refractivity contribution in [3.63, 3.8) is 0 Å². The number of hydrogen-bond donors (Lipinski definition) is 1. The minimum atomic E-state index is -0.0846. The molecule has 3 nitrogen and oxygen atoms in total. The van der Waals surface area contributed by atoms with Gasteiger partial charge in [0.05, 0.1) is 11.9 Å². The Morgan fingerprint density at radius 3 is 2.29 bits per heavy atom. The maximum absolute atomic E-state index is 11.2. The van der Waals surface area contributed by atoms with Crippen LogP contribution < -0.4 is 5.43 Å². The maximum Gasteiger partial charge on any atom is 0.200 e. The van der Waals surface area contributed by atoms with Gasteiger partial charge in [-0.3, -0.25) is 9.89 Å². The average Bonchev–Trinajstić information content (AvgIpc) is 2.28. The minimum Gasteiger partial charge on any atom is -0.288 e. The highest BCUT2D eigenvalue weighted by Crippen LogP contribution is 2.24. The van der Waals surface area contributed by atoms with Crippen LogP contribution in [0.5, 0.6) is 0 Å². The zero-order chi connectivity index (χ0) is 12.5. The highest BCUT2D eigenvalue weighted by atomic mass is 16.1. The van der Waals surface area contributed by atoms with Gasteiger partial charge >= 0.3 is 0 Å². The molecule has 0 amide bonds. The molecule has 0 fully saturated rings. The van der Waals surface area contributed by atoms with E-state index < -0.39 is 0 Å². The fourth-order valence-electron chi connectivity index (χ4n) is 1.67. The summed E-state index contributed by atoms with van der Waals surface area (Å²) in [7, 11) is 0. The number of aromatic nitrogens is 2. The number of nitrogens with one attached hydrogen (secondary N) is 1. The number of H-pyrrole nitrogens is 1. The molecule has 88 valence electrons. The van der Waals surface area contributed by atoms with Gasteiger partial charge in [0.1, 0.15) is 0 Å². The second-order valence-electron chi connectivity index (χ2n) is 5.16. The van der Waals surface area contributed by atoms with Gasteiger partial charge in [-0.15, -0.1) is 0 Å². The van der Waals surface area contributed by atoms with Gasteiger partial charge in [0, 0.05) is 6.07 Å². The fraction of sp³-hybridized carbons (Fsp3) is 0.286. The predicted molar refractivity (Wildman–Crippen MR) is 69.0 cm³/mol. The Balaban J connectivity index is 2.39. The number of aromatic amines is 1. The van der Waals surface area contributed by atoms with E-state index in [9.17, 15) is 4.79 Å². The summed E-state index contributed by atoms with van der Waals surface area (Å²) >= 11 is 0. The molecule has 2 rings (SSSR count). The van der Waals surface area contributed by atoms with Gasteiger partial charge in [-0.1, -0.05) is 45.0 Å². The molecule has 1 aromatic carbocycles. The number of hydrogen-bond acceptors (Lipinski definition) is 2. The summed E-state index contributed by atoms with van der Waals surface area (Å²) in [4.78, 5) is 11.2. The summed E-state index contributed by atoms with van der Waals surface area (Å²) in [5.41, 5.74) is 3.05. The lowest BCUT2D eigenvalue weighted by atomic mass is 9.86. The smallest absolute Gasteiger partial charge is 0.200 e.